The quantitative estimate of drug-likeness (QED) is 0.814. The summed E-state index contributed by atoms with van der Waals surface area (Å²) in [6.45, 7) is 3.77. The van der Waals surface area contributed by atoms with Gasteiger partial charge in [-0.05, 0) is 24.3 Å². The van der Waals surface area contributed by atoms with Gasteiger partial charge in [0, 0.05) is 31.4 Å². The fraction of sp³-hybridized carbons (Fsp3) is 0.500. The van der Waals surface area contributed by atoms with Gasteiger partial charge in [-0.15, -0.1) is 0 Å². The molecule has 2 aromatic rings. The minimum atomic E-state index is 0.227. The van der Waals surface area contributed by atoms with Gasteiger partial charge in [-0.3, -0.25) is 9.58 Å². The minimum Gasteiger partial charge on any atom is -0.395 e. The highest BCUT2D eigenvalue weighted by molar-refractivity contribution is 5.15. The first-order chi connectivity index (χ1) is 10.8. The van der Waals surface area contributed by atoms with Crippen molar-refractivity contribution in [3.63, 3.8) is 0 Å². The minimum absolute atomic E-state index is 0.227. The maximum absolute atomic E-state index is 9.26. The Hall–Kier alpha value is -1.65. The number of hydrogen-bond donors (Lipinski definition) is 1. The molecule has 22 heavy (non-hydrogen) atoms. The second kappa shape index (κ2) is 7.56. The lowest BCUT2D eigenvalue weighted by Gasteiger charge is -2.31. The summed E-state index contributed by atoms with van der Waals surface area (Å²) in [4.78, 5) is 2.35. The molecule has 1 N–H and O–H groups in total. The molecule has 0 bridgehead atoms. The molecular weight excluding hydrogens is 274 g/mol. The van der Waals surface area contributed by atoms with Crippen LogP contribution in [0, 0.1) is 5.92 Å². The van der Waals surface area contributed by atoms with Crippen LogP contribution in [0.4, 0.5) is 0 Å². The molecule has 4 heteroatoms. The van der Waals surface area contributed by atoms with Crippen LogP contribution in [0.2, 0.25) is 0 Å². The van der Waals surface area contributed by atoms with E-state index in [1.54, 1.807) is 0 Å². The second-order valence-electron chi connectivity index (χ2n) is 6.29. The Balaban J connectivity index is 1.57. The highest BCUT2D eigenvalue weighted by Gasteiger charge is 2.20. The Bertz CT molecular complexity index is 563. The van der Waals surface area contributed by atoms with Crippen LogP contribution >= 0.6 is 0 Å². The van der Waals surface area contributed by atoms with Gasteiger partial charge in [0.25, 0.3) is 0 Å². The summed E-state index contributed by atoms with van der Waals surface area (Å²) in [5.74, 6) is 0.825. The van der Waals surface area contributed by atoms with Crippen molar-refractivity contribution in [1.82, 2.24) is 14.7 Å². The van der Waals surface area contributed by atoms with Crippen LogP contribution in [-0.2, 0) is 13.1 Å². The van der Waals surface area contributed by atoms with Gasteiger partial charge in [-0.2, -0.15) is 5.10 Å². The van der Waals surface area contributed by atoms with Gasteiger partial charge in [-0.1, -0.05) is 36.8 Å². The van der Waals surface area contributed by atoms with E-state index in [9.17, 15) is 5.11 Å². The first-order valence-electron chi connectivity index (χ1n) is 8.22. The van der Waals surface area contributed by atoms with Gasteiger partial charge >= 0.3 is 0 Å². The maximum Gasteiger partial charge on any atom is 0.0659 e. The summed E-state index contributed by atoms with van der Waals surface area (Å²) in [7, 11) is 0. The van der Waals surface area contributed by atoms with Crippen LogP contribution in [0.5, 0.6) is 0 Å². The van der Waals surface area contributed by atoms with E-state index < -0.39 is 0 Å². The normalized spacial score (nSPS) is 15.2. The molecule has 0 atom stereocenters. The summed E-state index contributed by atoms with van der Waals surface area (Å²) < 4.78 is 1.99. The number of hydrogen-bond acceptors (Lipinski definition) is 3. The number of aromatic nitrogens is 2. The van der Waals surface area contributed by atoms with Crippen molar-refractivity contribution in [1.29, 1.82) is 0 Å². The molecule has 1 fully saturated rings. The third-order valence-corrected chi connectivity index (χ3v) is 4.44. The predicted molar refractivity (Wildman–Crippen MR) is 87.5 cm³/mol. The Labute approximate surface area is 132 Å². The van der Waals surface area contributed by atoms with Gasteiger partial charge in [0.2, 0.25) is 0 Å². The third kappa shape index (κ3) is 4.18. The standard InChI is InChI=1S/C18H25N3O/c22-10-9-20(12-16-7-4-8-16)13-18-11-19-21(15-18)14-17-5-2-1-3-6-17/h1-3,5-6,11,15-16,22H,4,7-10,12-14H2. The Kier molecular flexibility index (Phi) is 5.24. The SMILES string of the molecule is OCCN(Cc1cnn(Cc2ccccc2)c1)CC1CCC1. The number of benzene rings is 1. The molecule has 1 heterocycles. The van der Waals surface area contributed by atoms with E-state index in [0.29, 0.717) is 0 Å². The molecule has 1 aromatic carbocycles. The van der Waals surface area contributed by atoms with E-state index in [4.69, 9.17) is 0 Å². The van der Waals surface area contributed by atoms with Crippen LogP contribution in [0.1, 0.15) is 30.4 Å². The number of nitrogens with zero attached hydrogens (tertiary/aromatic N) is 3. The molecule has 0 unspecified atom stereocenters. The maximum atomic E-state index is 9.26. The summed E-state index contributed by atoms with van der Waals surface area (Å²) in [6, 6.07) is 10.4. The Morgan fingerprint density at radius 1 is 1.18 bits per heavy atom. The molecule has 0 radical (unpaired) electrons. The number of aliphatic hydroxyl groups is 1. The molecule has 1 aliphatic carbocycles. The summed E-state index contributed by atoms with van der Waals surface area (Å²) in [5, 5.41) is 13.7. The van der Waals surface area contributed by atoms with Crippen LogP contribution in [-0.4, -0.2) is 39.5 Å². The summed E-state index contributed by atoms with van der Waals surface area (Å²) in [5.41, 5.74) is 2.49. The van der Waals surface area contributed by atoms with Gasteiger partial charge in [0.15, 0.2) is 0 Å². The average molecular weight is 299 g/mol. The van der Waals surface area contributed by atoms with Crippen molar-refractivity contribution in [2.75, 3.05) is 19.7 Å². The van der Waals surface area contributed by atoms with Crippen molar-refractivity contribution in [3.05, 3.63) is 53.9 Å². The topological polar surface area (TPSA) is 41.3 Å². The summed E-state index contributed by atoms with van der Waals surface area (Å²) >= 11 is 0. The molecule has 3 rings (SSSR count). The van der Waals surface area contributed by atoms with E-state index in [1.807, 2.05) is 16.9 Å². The van der Waals surface area contributed by atoms with Crippen LogP contribution in [0.3, 0.4) is 0 Å². The fourth-order valence-corrected chi connectivity index (χ4v) is 3.02. The van der Waals surface area contributed by atoms with Gasteiger partial charge in [0.1, 0.15) is 0 Å². The highest BCUT2D eigenvalue weighted by Crippen LogP contribution is 2.27. The highest BCUT2D eigenvalue weighted by atomic mass is 16.3. The molecule has 1 aliphatic rings. The Morgan fingerprint density at radius 2 is 2.00 bits per heavy atom. The zero-order valence-electron chi connectivity index (χ0n) is 13.1. The Morgan fingerprint density at radius 3 is 2.68 bits per heavy atom. The largest absolute Gasteiger partial charge is 0.395 e. The molecule has 1 aromatic heterocycles. The monoisotopic (exact) mass is 299 g/mol. The summed E-state index contributed by atoms with van der Waals surface area (Å²) in [6.07, 6.45) is 8.13. The van der Waals surface area contributed by atoms with Gasteiger partial charge < -0.3 is 5.11 Å². The second-order valence-corrected chi connectivity index (χ2v) is 6.29. The molecular formula is C18H25N3O. The van der Waals surface area contributed by atoms with Gasteiger partial charge in [-0.25, -0.2) is 0 Å². The molecule has 0 amide bonds. The van der Waals surface area contributed by atoms with Crippen LogP contribution in [0.15, 0.2) is 42.7 Å². The molecule has 0 aliphatic heterocycles. The fourth-order valence-electron chi connectivity index (χ4n) is 3.02. The first kappa shape index (κ1) is 15.3. The van der Waals surface area contributed by atoms with Crippen molar-refractivity contribution in [2.45, 2.75) is 32.4 Å². The van der Waals surface area contributed by atoms with E-state index in [2.05, 4.69) is 40.5 Å². The molecule has 118 valence electrons. The van der Waals surface area contributed by atoms with Gasteiger partial charge in [0.05, 0.1) is 19.3 Å². The zero-order chi connectivity index (χ0) is 15.2. The smallest absolute Gasteiger partial charge is 0.0659 e. The average Bonchev–Trinajstić information content (AvgIpc) is 2.91. The third-order valence-electron chi connectivity index (χ3n) is 4.44. The first-order valence-corrected chi connectivity index (χ1v) is 8.22. The molecule has 0 spiro atoms. The van der Waals surface area contributed by atoms with E-state index in [-0.39, 0.29) is 6.61 Å². The molecule has 1 saturated carbocycles. The van der Waals surface area contributed by atoms with Crippen molar-refractivity contribution < 1.29 is 5.11 Å². The lowest BCUT2D eigenvalue weighted by molar-refractivity contribution is 0.140. The number of aliphatic hydroxyl groups excluding tert-OH is 1. The van der Waals surface area contributed by atoms with Crippen molar-refractivity contribution >= 4 is 0 Å². The number of rotatable bonds is 8. The molecule has 4 nitrogen and oxygen atoms in total. The van der Waals surface area contributed by atoms with E-state index >= 15 is 0 Å². The lowest BCUT2D eigenvalue weighted by atomic mass is 9.85. The van der Waals surface area contributed by atoms with E-state index in [1.165, 1.54) is 30.4 Å². The van der Waals surface area contributed by atoms with Crippen LogP contribution in [0.25, 0.3) is 0 Å². The van der Waals surface area contributed by atoms with E-state index in [0.717, 1.165) is 32.1 Å². The van der Waals surface area contributed by atoms with Crippen molar-refractivity contribution in [3.8, 4) is 0 Å². The molecule has 0 saturated heterocycles. The lowest BCUT2D eigenvalue weighted by Crippen LogP contribution is -2.34. The van der Waals surface area contributed by atoms with Crippen LogP contribution < -0.4 is 0 Å². The van der Waals surface area contributed by atoms with Crippen molar-refractivity contribution in [2.24, 2.45) is 5.92 Å². The predicted octanol–water partition coefficient (Wildman–Crippen LogP) is 2.53. The zero-order valence-corrected chi connectivity index (χ0v) is 13.1.